The van der Waals surface area contributed by atoms with E-state index in [0.29, 0.717) is 17.7 Å². The predicted molar refractivity (Wildman–Crippen MR) is 86.5 cm³/mol. The fourth-order valence-electron chi connectivity index (χ4n) is 1.69. The van der Waals surface area contributed by atoms with Gasteiger partial charge in [0.2, 0.25) is 5.91 Å². The Bertz CT molecular complexity index is 529. The first-order valence-electron chi connectivity index (χ1n) is 7.41. The van der Waals surface area contributed by atoms with Gasteiger partial charge in [-0.25, -0.2) is 0 Å². The molecule has 1 N–H and O–H groups in total. The summed E-state index contributed by atoms with van der Waals surface area (Å²) in [6.45, 7) is 5.61. The molecule has 0 aliphatic rings. The number of benzene rings is 1. The van der Waals surface area contributed by atoms with Gasteiger partial charge in [-0.2, -0.15) is 0 Å². The minimum absolute atomic E-state index is 0.0470. The molecule has 6 nitrogen and oxygen atoms in total. The van der Waals surface area contributed by atoms with E-state index in [1.807, 2.05) is 6.92 Å². The van der Waals surface area contributed by atoms with E-state index in [1.54, 1.807) is 30.3 Å². The van der Waals surface area contributed by atoms with Crippen LogP contribution in [0.1, 0.15) is 23.7 Å². The molecule has 0 aromatic heterocycles. The third-order valence-electron chi connectivity index (χ3n) is 2.94. The molecule has 1 atom stereocenters. The second-order valence-electron chi connectivity index (χ2n) is 4.65. The smallest absolute Gasteiger partial charge is 0.245 e. The molecule has 1 aromatic carbocycles. The topological polar surface area (TPSA) is 73.9 Å². The van der Waals surface area contributed by atoms with Crippen LogP contribution in [-0.2, 0) is 14.3 Å². The molecular weight excluding hydrogens is 298 g/mol. The van der Waals surface area contributed by atoms with E-state index in [4.69, 9.17) is 14.2 Å². The van der Waals surface area contributed by atoms with Crippen molar-refractivity contribution in [2.24, 2.45) is 0 Å². The van der Waals surface area contributed by atoms with Crippen LogP contribution in [0, 0.1) is 0 Å². The quantitative estimate of drug-likeness (QED) is 0.383. The van der Waals surface area contributed by atoms with Crippen LogP contribution in [-0.4, -0.2) is 44.8 Å². The highest BCUT2D eigenvalue weighted by Gasteiger charge is 2.13. The SMILES string of the molecule is C=CCOC(COc1cccc(C(=O)CC)c1)OCC(=O)NC. The number of hydrogen-bond donors (Lipinski definition) is 1. The zero-order valence-corrected chi connectivity index (χ0v) is 13.5. The van der Waals surface area contributed by atoms with E-state index in [2.05, 4.69) is 11.9 Å². The van der Waals surface area contributed by atoms with Crippen molar-refractivity contribution in [1.29, 1.82) is 0 Å². The minimum atomic E-state index is -0.712. The van der Waals surface area contributed by atoms with E-state index in [0.717, 1.165) is 0 Å². The fraction of sp³-hybridized carbons (Fsp3) is 0.412. The first kappa shape index (κ1) is 18.9. The Kier molecular flexibility index (Phi) is 8.64. The zero-order chi connectivity index (χ0) is 17.1. The third kappa shape index (κ3) is 7.08. The van der Waals surface area contributed by atoms with Crippen LogP contribution in [0.5, 0.6) is 5.75 Å². The number of ether oxygens (including phenoxy) is 3. The number of hydrogen-bond acceptors (Lipinski definition) is 5. The van der Waals surface area contributed by atoms with Gasteiger partial charge in [0.15, 0.2) is 12.1 Å². The van der Waals surface area contributed by atoms with Crippen molar-refractivity contribution in [3.63, 3.8) is 0 Å². The van der Waals surface area contributed by atoms with Gasteiger partial charge in [-0.05, 0) is 12.1 Å². The largest absolute Gasteiger partial charge is 0.488 e. The van der Waals surface area contributed by atoms with Gasteiger partial charge in [0, 0.05) is 19.0 Å². The van der Waals surface area contributed by atoms with Crippen molar-refractivity contribution in [2.75, 3.05) is 26.9 Å². The van der Waals surface area contributed by atoms with Gasteiger partial charge >= 0.3 is 0 Å². The average molecular weight is 321 g/mol. The average Bonchev–Trinajstić information content (AvgIpc) is 2.60. The molecule has 0 spiro atoms. The molecule has 0 heterocycles. The molecule has 23 heavy (non-hydrogen) atoms. The summed E-state index contributed by atoms with van der Waals surface area (Å²) in [6.07, 6.45) is 1.30. The lowest BCUT2D eigenvalue weighted by Crippen LogP contribution is -2.31. The molecule has 1 rings (SSSR count). The van der Waals surface area contributed by atoms with E-state index in [9.17, 15) is 9.59 Å². The summed E-state index contributed by atoms with van der Waals surface area (Å²) in [6, 6.07) is 6.92. The van der Waals surface area contributed by atoms with Gasteiger partial charge < -0.3 is 19.5 Å². The molecule has 1 unspecified atom stereocenters. The molecule has 126 valence electrons. The van der Waals surface area contributed by atoms with Crippen LogP contribution in [0.15, 0.2) is 36.9 Å². The highest BCUT2D eigenvalue weighted by Crippen LogP contribution is 2.15. The number of Topliss-reactive ketones (excluding diaryl/α,β-unsaturated/α-hetero) is 1. The summed E-state index contributed by atoms with van der Waals surface area (Å²) >= 11 is 0. The van der Waals surface area contributed by atoms with Gasteiger partial charge in [0.05, 0.1) is 6.61 Å². The van der Waals surface area contributed by atoms with E-state index >= 15 is 0 Å². The van der Waals surface area contributed by atoms with E-state index in [1.165, 1.54) is 7.05 Å². The fourth-order valence-corrected chi connectivity index (χ4v) is 1.69. The summed E-state index contributed by atoms with van der Waals surface area (Å²) in [7, 11) is 1.53. The summed E-state index contributed by atoms with van der Waals surface area (Å²) in [5.74, 6) is 0.332. The monoisotopic (exact) mass is 321 g/mol. The molecule has 0 aliphatic carbocycles. The molecule has 0 bridgehead atoms. The predicted octanol–water partition coefficient (Wildman–Crippen LogP) is 1.95. The summed E-state index contributed by atoms with van der Waals surface area (Å²) in [5, 5.41) is 2.46. The van der Waals surface area contributed by atoms with Crippen molar-refractivity contribution < 1.29 is 23.8 Å². The van der Waals surface area contributed by atoms with Crippen LogP contribution in [0.2, 0.25) is 0 Å². The normalized spacial score (nSPS) is 11.6. The molecule has 0 saturated heterocycles. The maximum Gasteiger partial charge on any atom is 0.245 e. The number of carbonyl (C=O) groups is 2. The maximum absolute atomic E-state index is 11.7. The van der Waals surface area contributed by atoms with Gasteiger partial charge in [-0.15, -0.1) is 6.58 Å². The minimum Gasteiger partial charge on any atom is -0.488 e. The standard InChI is InChI=1S/C17H23NO5/c1-4-9-21-17(23-11-16(20)18-3)12-22-14-8-6-7-13(10-14)15(19)5-2/h4,6-8,10,17H,1,5,9,11-12H2,2-3H3,(H,18,20). The van der Waals surface area contributed by atoms with Gasteiger partial charge in [0.1, 0.15) is 19.0 Å². The summed E-state index contributed by atoms with van der Waals surface area (Å²) < 4.78 is 16.3. The van der Waals surface area contributed by atoms with Crippen LogP contribution in [0.4, 0.5) is 0 Å². The van der Waals surface area contributed by atoms with Crippen LogP contribution >= 0.6 is 0 Å². The lowest BCUT2D eigenvalue weighted by Gasteiger charge is -2.18. The third-order valence-corrected chi connectivity index (χ3v) is 2.94. The van der Waals surface area contributed by atoms with Crippen LogP contribution in [0.3, 0.4) is 0 Å². The van der Waals surface area contributed by atoms with Gasteiger partial charge in [-0.1, -0.05) is 25.1 Å². The number of nitrogens with one attached hydrogen (secondary N) is 1. The van der Waals surface area contributed by atoms with Crippen molar-refractivity contribution in [1.82, 2.24) is 5.32 Å². The Labute approximate surface area is 136 Å². The second kappa shape index (κ2) is 10.5. The lowest BCUT2D eigenvalue weighted by atomic mass is 10.1. The Morgan fingerprint density at radius 1 is 1.35 bits per heavy atom. The number of likely N-dealkylation sites (N-methyl/N-ethyl adjacent to an activating group) is 1. The second-order valence-corrected chi connectivity index (χ2v) is 4.65. The van der Waals surface area contributed by atoms with Gasteiger partial charge in [0.25, 0.3) is 0 Å². The molecule has 0 saturated carbocycles. The summed E-state index contributed by atoms with van der Waals surface area (Å²) in [4.78, 5) is 22.9. The maximum atomic E-state index is 11.7. The van der Waals surface area contributed by atoms with Crippen LogP contribution < -0.4 is 10.1 Å². The Balaban J connectivity index is 2.60. The number of amides is 1. The highest BCUT2D eigenvalue weighted by atomic mass is 16.7. The Morgan fingerprint density at radius 2 is 2.13 bits per heavy atom. The number of carbonyl (C=O) groups excluding carboxylic acids is 2. The molecule has 0 radical (unpaired) electrons. The Hall–Kier alpha value is -2.18. The highest BCUT2D eigenvalue weighted by molar-refractivity contribution is 5.96. The van der Waals surface area contributed by atoms with Gasteiger partial charge in [-0.3, -0.25) is 9.59 Å². The van der Waals surface area contributed by atoms with Crippen molar-refractivity contribution in [2.45, 2.75) is 19.6 Å². The van der Waals surface area contributed by atoms with Crippen LogP contribution in [0.25, 0.3) is 0 Å². The van der Waals surface area contributed by atoms with Crippen molar-refractivity contribution in [3.05, 3.63) is 42.5 Å². The van der Waals surface area contributed by atoms with Crippen molar-refractivity contribution >= 4 is 11.7 Å². The molecule has 0 aliphatic heterocycles. The van der Waals surface area contributed by atoms with E-state index in [-0.39, 0.29) is 31.5 Å². The lowest BCUT2D eigenvalue weighted by molar-refractivity contribution is -0.162. The van der Waals surface area contributed by atoms with Crippen molar-refractivity contribution in [3.8, 4) is 5.75 Å². The Morgan fingerprint density at radius 3 is 2.78 bits per heavy atom. The molecular formula is C17H23NO5. The van der Waals surface area contributed by atoms with E-state index < -0.39 is 6.29 Å². The first-order chi connectivity index (χ1) is 11.1. The zero-order valence-electron chi connectivity index (χ0n) is 13.5. The molecule has 1 aromatic rings. The molecule has 1 amide bonds. The number of rotatable bonds is 11. The number of ketones is 1. The molecule has 6 heteroatoms. The molecule has 0 fully saturated rings. The summed E-state index contributed by atoms with van der Waals surface area (Å²) in [5.41, 5.74) is 0.597. The first-order valence-corrected chi connectivity index (χ1v) is 7.41.